The van der Waals surface area contributed by atoms with Crippen LogP contribution in [0.15, 0.2) is 24.3 Å². The maximum Gasteiger partial charge on any atom is 0.387 e. The van der Waals surface area contributed by atoms with Crippen LogP contribution in [0.25, 0.3) is 6.08 Å². The lowest BCUT2D eigenvalue weighted by atomic mass is 10.0. The van der Waals surface area contributed by atoms with E-state index in [4.69, 9.17) is 4.74 Å². The molecule has 0 aliphatic carbocycles. The molecule has 0 aromatic heterocycles. The Bertz CT molecular complexity index is 575. The molecule has 1 aliphatic rings. The Balaban J connectivity index is 2.08. The fourth-order valence-electron chi connectivity index (χ4n) is 2.67. The molecule has 0 N–H and O–H groups in total. The summed E-state index contributed by atoms with van der Waals surface area (Å²) in [6.07, 6.45) is 6.35. The van der Waals surface area contributed by atoms with Crippen molar-refractivity contribution in [2.45, 2.75) is 38.8 Å². The van der Waals surface area contributed by atoms with Gasteiger partial charge in [0.25, 0.3) is 0 Å². The van der Waals surface area contributed by atoms with Crippen molar-refractivity contribution in [2.24, 2.45) is 0 Å². The van der Waals surface area contributed by atoms with Crippen LogP contribution in [0.2, 0.25) is 0 Å². The fourth-order valence-corrected chi connectivity index (χ4v) is 2.67. The summed E-state index contributed by atoms with van der Waals surface area (Å²) in [6, 6.07) is 4.81. The second-order valence-corrected chi connectivity index (χ2v) is 5.50. The van der Waals surface area contributed by atoms with Gasteiger partial charge in [-0.2, -0.15) is 8.78 Å². The Labute approximate surface area is 134 Å². The molecule has 1 aromatic carbocycles. The van der Waals surface area contributed by atoms with Crippen molar-refractivity contribution in [1.29, 1.82) is 0 Å². The largest absolute Gasteiger partial charge is 0.493 e. The monoisotopic (exact) mass is 325 g/mol. The standard InChI is InChI=1S/C17H21F2NO3/c1-12-5-3-4-10-20(12)16(21)9-7-13-6-8-14(23-17(18)19)15(11-13)22-2/h6-9,11-12,17H,3-5,10H2,1-2H3. The topological polar surface area (TPSA) is 38.8 Å². The number of carbonyl (C=O) groups excluding carboxylic acids is 1. The number of carbonyl (C=O) groups is 1. The lowest BCUT2D eigenvalue weighted by molar-refractivity contribution is -0.129. The first kappa shape index (κ1) is 17.2. The van der Waals surface area contributed by atoms with Crippen LogP contribution >= 0.6 is 0 Å². The number of amides is 1. The van der Waals surface area contributed by atoms with Gasteiger partial charge in [-0.05, 0) is 50.0 Å². The quantitative estimate of drug-likeness (QED) is 0.775. The molecule has 2 rings (SSSR count). The van der Waals surface area contributed by atoms with E-state index >= 15 is 0 Å². The summed E-state index contributed by atoms with van der Waals surface area (Å²) in [4.78, 5) is 14.1. The third-order valence-electron chi connectivity index (χ3n) is 3.91. The van der Waals surface area contributed by atoms with Crippen LogP contribution in [0.4, 0.5) is 8.78 Å². The zero-order chi connectivity index (χ0) is 16.8. The number of rotatable bonds is 5. The molecular weight excluding hydrogens is 304 g/mol. The Hall–Kier alpha value is -2.11. The maximum atomic E-state index is 12.3. The van der Waals surface area contributed by atoms with Gasteiger partial charge in [0.05, 0.1) is 7.11 Å². The number of piperidine rings is 1. The number of benzene rings is 1. The van der Waals surface area contributed by atoms with Crippen molar-refractivity contribution in [1.82, 2.24) is 4.90 Å². The van der Waals surface area contributed by atoms with E-state index in [1.807, 2.05) is 11.8 Å². The zero-order valence-electron chi connectivity index (χ0n) is 13.3. The smallest absolute Gasteiger partial charge is 0.387 e. The van der Waals surface area contributed by atoms with E-state index in [-0.39, 0.29) is 23.4 Å². The highest BCUT2D eigenvalue weighted by molar-refractivity contribution is 5.92. The lowest BCUT2D eigenvalue weighted by Gasteiger charge is -2.32. The average molecular weight is 325 g/mol. The summed E-state index contributed by atoms with van der Waals surface area (Å²) in [5.41, 5.74) is 0.682. The van der Waals surface area contributed by atoms with Crippen LogP contribution in [0.1, 0.15) is 31.7 Å². The van der Waals surface area contributed by atoms with E-state index in [2.05, 4.69) is 4.74 Å². The van der Waals surface area contributed by atoms with Gasteiger partial charge in [0, 0.05) is 18.7 Å². The Morgan fingerprint density at radius 3 is 2.78 bits per heavy atom. The van der Waals surface area contributed by atoms with Gasteiger partial charge in [-0.25, -0.2) is 0 Å². The predicted molar refractivity (Wildman–Crippen MR) is 83.7 cm³/mol. The zero-order valence-corrected chi connectivity index (χ0v) is 13.3. The Morgan fingerprint density at radius 2 is 2.13 bits per heavy atom. The highest BCUT2D eigenvalue weighted by Gasteiger charge is 2.21. The van der Waals surface area contributed by atoms with E-state index in [1.54, 1.807) is 18.2 Å². The molecule has 1 saturated heterocycles. The van der Waals surface area contributed by atoms with Crippen LogP contribution < -0.4 is 9.47 Å². The Kier molecular flexibility index (Phi) is 5.96. The minimum atomic E-state index is -2.91. The molecule has 23 heavy (non-hydrogen) atoms. The maximum absolute atomic E-state index is 12.3. The van der Waals surface area contributed by atoms with Crippen molar-refractivity contribution in [2.75, 3.05) is 13.7 Å². The van der Waals surface area contributed by atoms with Gasteiger partial charge in [-0.1, -0.05) is 6.07 Å². The summed E-state index contributed by atoms with van der Waals surface area (Å²) >= 11 is 0. The van der Waals surface area contributed by atoms with E-state index in [9.17, 15) is 13.6 Å². The molecule has 0 radical (unpaired) electrons. The minimum absolute atomic E-state index is 0.0318. The van der Waals surface area contributed by atoms with Gasteiger partial charge in [-0.15, -0.1) is 0 Å². The number of halogens is 2. The second-order valence-electron chi connectivity index (χ2n) is 5.50. The fraction of sp³-hybridized carbons (Fsp3) is 0.471. The lowest BCUT2D eigenvalue weighted by Crippen LogP contribution is -2.41. The van der Waals surface area contributed by atoms with Crippen LogP contribution in [-0.4, -0.2) is 37.1 Å². The highest BCUT2D eigenvalue weighted by Crippen LogP contribution is 2.30. The number of likely N-dealkylation sites (tertiary alicyclic amines) is 1. The Morgan fingerprint density at radius 1 is 1.35 bits per heavy atom. The van der Waals surface area contributed by atoms with Gasteiger partial charge in [0.2, 0.25) is 5.91 Å². The number of hydrogen-bond acceptors (Lipinski definition) is 3. The van der Waals surface area contributed by atoms with E-state index in [0.29, 0.717) is 5.56 Å². The molecule has 1 aromatic rings. The molecule has 1 unspecified atom stereocenters. The van der Waals surface area contributed by atoms with Gasteiger partial charge in [-0.3, -0.25) is 4.79 Å². The predicted octanol–water partition coefficient (Wildman–Crippen LogP) is 3.71. The summed E-state index contributed by atoms with van der Waals surface area (Å²) in [5.74, 6) is 0.131. The van der Waals surface area contributed by atoms with E-state index < -0.39 is 6.61 Å². The van der Waals surface area contributed by atoms with E-state index in [0.717, 1.165) is 25.8 Å². The van der Waals surface area contributed by atoms with Crippen molar-refractivity contribution in [3.05, 3.63) is 29.8 Å². The summed E-state index contributed by atoms with van der Waals surface area (Å²) in [7, 11) is 1.38. The minimum Gasteiger partial charge on any atom is -0.493 e. The molecule has 0 saturated carbocycles. The molecular formula is C17H21F2NO3. The van der Waals surface area contributed by atoms with Gasteiger partial charge in [0.15, 0.2) is 11.5 Å². The first-order chi connectivity index (χ1) is 11.0. The normalized spacial score (nSPS) is 18.5. The molecule has 126 valence electrons. The third-order valence-corrected chi connectivity index (χ3v) is 3.91. The number of methoxy groups -OCH3 is 1. The molecule has 1 aliphatic heterocycles. The van der Waals surface area contributed by atoms with Crippen LogP contribution in [0, 0.1) is 0 Å². The molecule has 4 nitrogen and oxygen atoms in total. The molecule has 1 amide bonds. The van der Waals surface area contributed by atoms with E-state index in [1.165, 1.54) is 19.3 Å². The number of hydrogen-bond donors (Lipinski definition) is 0. The third kappa shape index (κ3) is 4.68. The summed E-state index contributed by atoms with van der Waals surface area (Å²) in [6.45, 7) is -0.0911. The first-order valence-corrected chi connectivity index (χ1v) is 7.63. The second kappa shape index (κ2) is 7.94. The van der Waals surface area contributed by atoms with Gasteiger partial charge >= 0.3 is 6.61 Å². The van der Waals surface area contributed by atoms with Crippen LogP contribution in [-0.2, 0) is 4.79 Å². The van der Waals surface area contributed by atoms with Crippen LogP contribution in [0.5, 0.6) is 11.5 Å². The van der Waals surface area contributed by atoms with Crippen LogP contribution in [0.3, 0.4) is 0 Å². The number of nitrogens with zero attached hydrogens (tertiary/aromatic N) is 1. The summed E-state index contributed by atoms with van der Waals surface area (Å²) in [5, 5.41) is 0. The molecule has 6 heteroatoms. The first-order valence-electron chi connectivity index (χ1n) is 7.63. The molecule has 1 heterocycles. The molecule has 1 fully saturated rings. The van der Waals surface area contributed by atoms with Gasteiger partial charge in [0.1, 0.15) is 0 Å². The average Bonchev–Trinajstić information content (AvgIpc) is 2.53. The summed E-state index contributed by atoms with van der Waals surface area (Å²) < 4.78 is 34.0. The number of alkyl halides is 2. The SMILES string of the molecule is COc1cc(C=CC(=O)N2CCCCC2C)ccc1OC(F)F. The number of ether oxygens (including phenoxy) is 2. The van der Waals surface area contributed by atoms with Crippen molar-refractivity contribution >= 4 is 12.0 Å². The van der Waals surface area contributed by atoms with Crippen molar-refractivity contribution in [3.8, 4) is 11.5 Å². The van der Waals surface area contributed by atoms with Crippen molar-refractivity contribution in [3.63, 3.8) is 0 Å². The molecule has 1 atom stereocenters. The highest BCUT2D eigenvalue weighted by atomic mass is 19.3. The van der Waals surface area contributed by atoms with Crippen molar-refractivity contribution < 1.29 is 23.0 Å². The molecule has 0 spiro atoms. The van der Waals surface area contributed by atoms with Gasteiger partial charge < -0.3 is 14.4 Å². The molecule has 0 bridgehead atoms.